The SMILES string of the molecule is Cc1ncc(-c2ccncc2C)c([C@H]2CCCCN2C(=O)c2cc(C(F)(F)F)nn2C)n1. The molecule has 1 saturated heterocycles. The summed E-state index contributed by atoms with van der Waals surface area (Å²) in [6.07, 6.45) is 2.85. The van der Waals surface area contributed by atoms with Gasteiger partial charge in [-0.2, -0.15) is 18.3 Å². The van der Waals surface area contributed by atoms with Crippen molar-refractivity contribution in [1.29, 1.82) is 0 Å². The number of aryl methyl sites for hydroxylation is 3. The third-order valence-electron chi connectivity index (χ3n) is 5.72. The van der Waals surface area contributed by atoms with Gasteiger partial charge < -0.3 is 4.90 Å². The summed E-state index contributed by atoms with van der Waals surface area (Å²) in [5, 5.41) is 3.50. The van der Waals surface area contributed by atoms with E-state index in [-0.39, 0.29) is 11.7 Å². The first-order valence-corrected chi connectivity index (χ1v) is 10.3. The van der Waals surface area contributed by atoms with Gasteiger partial charge in [0.1, 0.15) is 11.5 Å². The van der Waals surface area contributed by atoms with E-state index in [9.17, 15) is 18.0 Å². The quantitative estimate of drug-likeness (QED) is 0.603. The van der Waals surface area contributed by atoms with Crippen LogP contribution in [-0.4, -0.2) is 42.1 Å². The molecule has 0 aliphatic carbocycles. The molecule has 1 atom stereocenters. The van der Waals surface area contributed by atoms with E-state index < -0.39 is 17.8 Å². The largest absolute Gasteiger partial charge is 0.435 e. The van der Waals surface area contributed by atoms with Crippen LogP contribution in [0, 0.1) is 13.8 Å². The first-order valence-electron chi connectivity index (χ1n) is 10.3. The van der Waals surface area contributed by atoms with Crippen LogP contribution in [0.2, 0.25) is 0 Å². The number of carbonyl (C=O) groups is 1. The van der Waals surface area contributed by atoms with Crippen molar-refractivity contribution in [2.75, 3.05) is 6.54 Å². The van der Waals surface area contributed by atoms with Gasteiger partial charge in [0.05, 0.1) is 11.7 Å². The van der Waals surface area contributed by atoms with Crippen molar-refractivity contribution >= 4 is 5.91 Å². The Labute approximate surface area is 183 Å². The van der Waals surface area contributed by atoms with Crippen LogP contribution in [-0.2, 0) is 13.2 Å². The molecule has 0 N–H and O–H groups in total. The molecule has 7 nitrogen and oxygen atoms in total. The van der Waals surface area contributed by atoms with Gasteiger partial charge in [0.15, 0.2) is 5.69 Å². The summed E-state index contributed by atoms with van der Waals surface area (Å²) in [5.74, 6) is 0.0715. The molecule has 1 aliphatic heterocycles. The molecule has 168 valence electrons. The Balaban J connectivity index is 1.77. The Morgan fingerprint density at radius 3 is 2.62 bits per heavy atom. The first kappa shape index (κ1) is 21.9. The molecule has 0 bridgehead atoms. The van der Waals surface area contributed by atoms with Gasteiger partial charge in [0.2, 0.25) is 0 Å². The highest BCUT2D eigenvalue weighted by molar-refractivity contribution is 5.93. The van der Waals surface area contributed by atoms with Crippen molar-refractivity contribution in [2.45, 2.75) is 45.3 Å². The maximum absolute atomic E-state index is 13.4. The summed E-state index contributed by atoms with van der Waals surface area (Å²) >= 11 is 0. The molecule has 32 heavy (non-hydrogen) atoms. The van der Waals surface area contributed by atoms with E-state index in [2.05, 4.69) is 20.1 Å². The number of hydrogen-bond donors (Lipinski definition) is 0. The lowest BCUT2D eigenvalue weighted by atomic mass is 9.92. The number of hydrogen-bond acceptors (Lipinski definition) is 5. The van der Waals surface area contributed by atoms with Crippen LogP contribution in [0.1, 0.15) is 58.6 Å². The van der Waals surface area contributed by atoms with Crippen LogP contribution < -0.4 is 0 Å². The molecule has 10 heteroatoms. The van der Waals surface area contributed by atoms with E-state index >= 15 is 0 Å². The lowest BCUT2D eigenvalue weighted by Crippen LogP contribution is -2.40. The fraction of sp³-hybridized carbons (Fsp3) is 0.409. The van der Waals surface area contributed by atoms with Gasteiger partial charge in [-0.05, 0) is 50.3 Å². The van der Waals surface area contributed by atoms with Crippen LogP contribution in [0.25, 0.3) is 11.1 Å². The second-order valence-electron chi connectivity index (χ2n) is 7.95. The van der Waals surface area contributed by atoms with Gasteiger partial charge in [-0.25, -0.2) is 9.97 Å². The Hall–Kier alpha value is -3.30. The number of pyridine rings is 1. The lowest BCUT2D eigenvalue weighted by Gasteiger charge is -2.36. The summed E-state index contributed by atoms with van der Waals surface area (Å²) < 4.78 is 40.4. The van der Waals surface area contributed by atoms with Crippen LogP contribution in [0.5, 0.6) is 0 Å². The van der Waals surface area contributed by atoms with E-state index in [0.717, 1.165) is 40.3 Å². The predicted molar refractivity (Wildman–Crippen MR) is 111 cm³/mol. The Morgan fingerprint density at radius 2 is 1.94 bits per heavy atom. The zero-order valence-corrected chi connectivity index (χ0v) is 18.0. The van der Waals surface area contributed by atoms with Crippen molar-refractivity contribution in [3.8, 4) is 11.1 Å². The van der Waals surface area contributed by atoms with Gasteiger partial charge in [-0.15, -0.1) is 0 Å². The number of rotatable bonds is 3. The number of aromatic nitrogens is 5. The number of carbonyl (C=O) groups excluding carboxylic acids is 1. The lowest BCUT2D eigenvalue weighted by molar-refractivity contribution is -0.141. The molecule has 0 unspecified atom stereocenters. The maximum atomic E-state index is 13.4. The van der Waals surface area contributed by atoms with E-state index in [0.29, 0.717) is 24.5 Å². The molecular weight excluding hydrogens is 421 g/mol. The van der Waals surface area contributed by atoms with Gasteiger partial charge in [-0.3, -0.25) is 14.5 Å². The van der Waals surface area contributed by atoms with E-state index in [4.69, 9.17) is 0 Å². The number of amides is 1. The topological polar surface area (TPSA) is 76.8 Å². The minimum Gasteiger partial charge on any atom is -0.329 e. The minimum absolute atomic E-state index is 0.100. The molecule has 1 amide bonds. The second kappa shape index (κ2) is 8.33. The summed E-state index contributed by atoms with van der Waals surface area (Å²) in [7, 11) is 1.35. The number of piperidine rings is 1. The van der Waals surface area contributed by atoms with E-state index in [1.54, 1.807) is 30.4 Å². The summed E-state index contributed by atoms with van der Waals surface area (Å²) in [5.41, 5.74) is 2.16. The minimum atomic E-state index is -4.62. The Bertz CT molecular complexity index is 1160. The molecule has 4 heterocycles. The number of alkyl halides is 3. The molecule has 4 rings (SSSR count). The standard InChI is InChI=1S/C22H23F3N6O/c1-13-11-26-8-7-15(13)16-12-27-14(2)28-20(16)17-6-4-5-9-31(17)21(32)18-10-19(22(23,24)25)29-30(18)3/h7-8,10-12,17H,4-6,9H2,1-3H3/t17-/m1/s1. The second-order valence-corrected chi connectivity index (χ2v) is 7.95. The molecular formula is C22H23F3N6O. The molecule has 1 aliphatic rings. The fourth-order valence-electron chi connectivity index (χ4n) is 4.14. The van der Waals surface area contributed by atoms with Crippen molar-refractivity contribution in [2.24, 2.45) is 7.05 Å². The van der Waals surface area contributed by atoms with Gasteiger partial charge >= 0.3 is 6.18 Å². The van der Waals surface area contributed by atoms with Gasteiger partial charge in [-0.1, -0.05) is 0 Å². The smallest absolute Gasteiger partial charge is 0.329 e. The predicted octanol–water partition coefficient (Wildman–Crippen LogP) is 4.28. The molecule has 0 aromatic carbocycles. The summed E-state index contributed by atoms with van der Waals surface area (Å²) in [4.78, 5) is 28.2. The summed E-state index contributed by atoms with van der Waals surface area (Å²) in [6, 6.07) is 2.30. The average Bonchev–Trinajstić information content (AvgIpc) is 3.16. The van der Waals surface area contributed by atoms with Crippen molar-refractivity contribution in [3.05, 3.63) is 59.2 Å². The third kappa shape index (κ3) is 4.09. The maximum Gasteiger partial charge on any atom is 0.435 e. The molecule has 0 spiro atoms. The van der Waals surface area contributed by atoms with E-state index in [1.807, 2.05) is 13.0 Å². The highest BCUT2D eigenvalue weighted by Crippen LogP contribution is 2.37. The average molecular weight is 444 g/mol. The normalized spacial score (nSPS) is 16.9. The van der Waals surface area contributed by atoms with Crippen LogP contribution in [0.4, 0.5) is 13.2 Å². The molecule has 3 aromatic heterocycles. The van der Waals surface area contributed by atoms with Crippen molar-refractivity contribution in [1.82, 2.24) is 29.6 Å². The van der Waals surface area contributed by atoms with Crippen molar-refractivity contribution in [3.63, 3.8) is 0 Å². The monoisotopic (exact) mass is 444 g/mol. The van der Waals surface area contributed by atoms with E-state index in [1.165, 1.54) is 7.05 Å². The van der Waals surface area contributed by atoms with Gasteiger partial charge in [0, 0.05) is 43.8 Å². The van der Waals surface area contributed by atoms with Crippen molar-refractivity contribution < 1.29 is 18.0 Å². The summed E-state index contributed by atoms with van der Waals surface area (Å²) in [6.45, 7) is 4.14. The Morgan fingerprint density at radius 1 is 1.16 bits per heavy atom. The highest BCUT2D eigenvalue weighted by atomic mass is 19.4. The molecule has 1 fully saturated rings. The van der Waals surface area contributed by atoms with Gasteiger partial charge in [0.25, 0.3) is 5.91 Å². The highest BCUT2D eigenvalue weighted by Gasteiger charge is 2.38. The zero-order chi connectivity index (χ0) is 23.0. The molecule has 0 saturated carbocycles. The molecule has 0 radical (unpaired) electrons. The van der Waals surface area contributed by atoms with Crippen LogP contribution in [0.3, 0.4) is 0 Å². The number of likely N-dealkylation sites (tertiary alicyclic amines) is 1. The third-order valence-corrected chi connectivity index (χ3v) is 5.72. The number of halogens is 3. The number of nitrogens with zero attached hydrogens (tertiary/aromatic N) is 6. The molecule has 3 aromatic rings. The van der Waals surface area contributed by atoms with Crippen LogP contribution >= 0.6 is 0 Å². The fourth-order valence-corrected chi connectivity index (χ4v) is 4.14. The van der Waals surface area contributed by atoms with Crippen LogP contribution in [0.15, 0.2) is 30.7 Å². The Kier molecular flexibility index (Phi) is 5.70. The first-order chi connectivity index (χ1) is 15.2. The zero-order valence-electron chi connectivity index (χ0n) is 18.0.